The van der Waals surface area contributed by atoms with Crippen molar-refractivity contribution in [2.75, 3.05) is 0 Å². The summed E-state index contributed by atoms with van der Waals surface area (Å²) in [6.07, 6.45) is 1.32. The van der Waals surface area contributed by atoms with Crippen molar-refractivity contribution in [3.8, 4) is 5.75 Å². The zero-order valence-corrected chi connectivity index (χ0v) is 12.9. The first-order valence-corrected chi connectivity index (χ1v) is 7.08. The molecule has 2 aliphatic rings. The SMILES string of the molecule is CC1=CC(=O)C(O)(O)[C@@]2(C)Oc3c(C)c(C)cc(C)c3[C@@H]12. The molecule has 0 unspecified atom stereocenters. The summed E-state index contributed by atoms with van der Waals surface area (Å²) < 4.78 is 5.99. The zero-order valence-electron chi connectivity index (χ0n) is 12.9. The van der Waals surface area contributed by atoms with E-state index in [1.807, 2.05) is 27.7 Å². The van der Waals surface area contributed by atoms with Gasteiger partial charge in [0.2, 0.25) is 5.78 Å². The standard InChI is InChI=1S/C17H20O4/c1-8-6-9(2)13-14-10(3)7-12(18)17(19,20)16(14,5)21-15(13)11(8)4/h6-7,14,19-20H,1-5H3/t14-,16+/m1/s1. The molecule has 0 bridgehead atoms. The molecule has 3 rings (SSSR count). The smallest absolute Gasteiger partial charge is 0.270 e. The summed E-state index contributed by atoms with van der Waals surface area (Å²) in [5, 5.41) is 20.7. The number of fused-ring (bicyclic) bond motifs is 3. The first kappa shape index (κ1) is 14.3. The molecule has 1 aromatic carbocycles. The minimum atomic E-state index is -2.52. The van der Waals surface area contributed by atoms with E-state index in [0.29, 0.717) is 5.75 Å². The van der Waals surface area contributed by atoms with Gasteiger partial charge in [-0.3, -0.25) is 4.79 Å². The highest BCUT2D eigenvalue weighted by atomic mass is 16.6. The van der Waals surface area contributed by atoms with Gasteiger partial charge in [-0.15, -0.1) is 0 Å². The van der Waals surface area contributed by atoms with Crippen LogP contribution in [-0.4, -0.2) is 27.4 Å². The second kappa shape index (κ2) is 3.96. The zero-order chi connectivity index (χ0) is 15.7. The summed E-state index contributed by atoms with van der Waals surface area (Å²) >= 11 is 0. The second-order valence-corrected chi connectivity index (χ2v) is 6.45. The van der Waals surface area contributed by atoms with Crippen LogP contribution in [0, 0.1) is 20.8 Å². The Labute approximate surface area is 124 Å². The molecule has 112 valence electrons. The van der Waals surface area contributed by atoms with Crippen LogP contribution in [0.5, 0.6) is 5.75 Å². The molecule has 2 atom stereocenters. The van der Waals surface area contributed by atoms with Crippen LogP contribution in [0.15, 0.2) is 17.7 Å². The molecule has 4 heteroatoms. The molecule has 0 saturated carbocycles. The van der Waals surface area contributed by atoms with Crippen LogP contribution < -0.4 is 4.74 Å². The molecule has 1 aliphatic heterocycles. The monoisotopic (exact) mass is 288 g/mol. The number of ketones is 1. The third kappa shape index (κ3) is 1.54. The van der Waals surface area contributed by atoms with Gasteiger partial charge in [0.15, 0.2) is 5.60 Å². The van der Waals surface area contributed by atoms with Gasteiger partial charge < -0.3 is 14.9 Å². The number of hydrogen-bond donors (Lipinski definition) is 2. The fraction of sp³-hybridized carbons (Fsp3) is 0.471. The van der Waals surface area contributed by atoms with Gasteiger partial charge in [0.05, 0.1) is 5.92 Å². The minimum absolute atomic E-state index is 0.334. The van der Waals surface area contributed by atoms with Crippen molar-refractivity contribution in [2.24, 2.45) is 0 Å². The van der Waals surface area contributed by atoms with Crippen LogP contribution in [0.25, 0.3) is 0 Å². The van der Waals surface area contributed by atoms with Crippen molar-refractivity contribution in [1.29, 1.82) is 0 Å². The van der Waals surface area contributed by atoms with Gasteiger partial charge >= 0.3 is 0 Å². The number of aryl methyl sites for hydroxylation is 2. The van der Waals surface area contributed by atoms with E-state index in [1.165, 1.54) is 6.08 Å². The van der Waals surface area contributed by atoms with Gasteiger partial charge in [-0.1, -0.05) is 11.6 Å². The molecule has 0 fully saturated rings. The van der Waals surface area contributed by atoms with Gasteiger partial charge in [-0.2, -0.15) is 0 Å². The Bertz CT molecular complexity index is 699. The normalized spacial score (nSPS) is 29.6. The third-order valence-corrected chi connectivity index (χ3v) is 5.04. The van der Waals surface area contributed by atoms with E-state index in [1.54, 1.807) is 6.92 Å². The summed E-state index contributed by atoms with van der Waals surface area (Å²) in [5.41, 5.74) is 3.46. The molecule has 0 radical (unpaired) electrons. The van der Waals surface area contributed by atoms with E-state index in [2.05, 4.69) is 6.07 Å². The molecule has 1 heterocycles. The summed E-state index contributed by atoms with van der Waals surface area (Å²) in [7, 11) is 0. The number of hydrogen-bond acceptors (Lipinski definition) is 4. The quantitative estimate of drug-likeness (QED) is 0.717. The Morgan fingerprint density at radius 2 is 1.76 bits per heavy atom. The fourth-order valence-corrected chi connectivity index (χ4v) is 3.68. The summed E-state index contributed by atoms with van der Waals surface area (Å²) in [6.45, 7) is 9.37. The van der Waals surface area contributed by atoms with Crippen LogP contribution in [0.3, 0.4) is 0 Å². The average molecular weight is 288 g/mol. The van der Waals surface area contributed by atoms with Crippen LogP contribution >= 0.6 is 0 Å². The first-order valence-electron chi connectivity index (χ1n) is 7.08. The average Bonchev–Trinajstić information content (AvgIpc) is 2.71. The Hall–Kier alpha value is -1.65. The van der Waals surface area contributed by atoms with Gasteiger partial charge in [0.1, 0.15) is 5.75 Å². The molecule has 0 aromatic heterocycles. The lowest BCUT2D eigenvalue weighted by molar-refractivity contribution is -0.243. The maximum absolute atomic E-state index is 12.0. The molecule has 0 amide bonds. The fourth-order valence-electron chi connectivity index (χ4n) is 3.68. The lowest BCUT2D eigenvalue weighted by atomic mass is 9.69. The van der Waals surface area contributed by atoms with Crippen LogP contribution in [0.1, 0.15) is 42.0 Å². The Balaban J connectivity index is 2.34. The van der Waals surface area contributed by atoms with Crippen molar-refractivity contribution in [2.45, 2.75) is 51.9 Å². The van der Waals surface area contributed by atoms with Crippen molar-refractivity contribution in [1.82, 2.24) is 0 Å². The van der Waals surface area contributed by atoms with E-state index in [4.69, 9.17) is 4.74 Å². The topological polar surface area (TPSA) is 66.8 Å². The number of carbonyl (C=O) groups is 1. The maximum atomic E-state index is 12.0. The van der Waals surface area contributed by atoms with E-state index in [-0.39, 0.29) is 5.92 Å². The lowest BCUT2D eigenvalue weighted by Crippen LogP contribution is -2.63. The first-order chi connectivity index (χ1) is 9.61. The van der Waals surface area contributed by atoms with E-state index in [0.717, 1.165) is 27.8 Å². The number of ether oxygens (including phenoxy) is 1. The second-order valence-electron chi connectivity index (χ2n) is 6.45. The Kier molecular flexibility index (Phi) is 2.70. The maximum Gasteiger partial charge on any atom is 0.270 e. The molecule has 21 heavy (non-hydrogen) atoms. The molecular formula is C17H20O4. The summed E-state index contributed by atoms with van der Waals surface area (Å²) in [5.74, 6) is -2.91. The Morgan fingerprint density at radius 1 is 1.14 bits per heavy atom. The van der Waals surface area contributed by atoms with Crippen LogP contribution in [0.4, 0.5) is 0 Å². The highest BCUT2D eigenvalue weighted by Gasteiger charge is 2.64. The molecule has 1 aromatic rings. The number of rotatable bonds is 0. The summed E-state index contributed by atoms with van der Waals surface area (Å²) in [6, 6.07) is 2.07. The highest BCUT2D eigenvalue weighted by molar-refractivity contribution is 5.99. The van der Waals surface area contributed by atoms with Crippen molar-refractivity contribution < 1.29 is 19.7 Å². The van der Waals surface area contributed by atoms with E-state index >= 15 is 0 Å². The van der Waals surface area contributed by atoms with Gasteiger partial charge in [-0.25, -0.2) is 0 Å². The van der Waals surface area contributed by atoms with E-state index < -0.39 is 17.2 Å². The molecule has 0 spiro atoms. The predicted molar refractivity (Wildman–Crippen MR) is 78.4 cm³/mol. The third-order valence-electron chi connectivity index (χ3n) is 5.04. The van der Waals surface area contributed by atoms with Crippen molar-refractivity contribution in [3.05, 3.63) is 40.0 Å². The van der Waals surface area contributed by atoms with Crippen LogP contribution in [-0.2, 0) is 4.79 Å². The van der Waals surface area contributed by atoms with Gasteiger partial charge in [0.25, 0.3) is 5.79 Å². The van der Waals surface area contributed by atoms with Crippen molar-refractivity contribution in [3.63, 3.8) is 0 Å². The predicted octanol–water partition coefficient (Wildman–Crippen LogP) is 2.06. The Morgan fingerprint density at radius 3 is 2.38 bits per heavy atom. The molecule has 2 N–H and O–H groups in total. The van der Waals surface area contributed by atoms with Gasteiger partial charge in [0, 0.05) is 5.56 Å². The molecule has 0 saturated heterocycles. The molecule has 4 nitrogen and oxygen atoms in total. The van der Waals surface area contributed by atoms with Crippen LogP contribution in [0.2, 0.25) is 0 Å². The highest BCUT2D eigenvalue weighted by Crippen LogP contribution is 2.56. The van der Waals surface area contributed by atoms with Gasteiger partial charge in [-0.05, 0) is 57.4 Å². The number of carbonyl (C=O) groups excluding carboxylic acids is 1. The number of benzene rings is 1. The lowest BCUT2D eigenvalue weighted by Gasteiger charge is -2.43. The van der Waals surface area contributed by atoms with Crippen molar-refractivity contribution >= 4 is 5.78 Å². The molecule has 1 aliphatic carbocycles. The van der Waals surface area contributed by atoms with E-state index in [9.17, 15) is 15.0 Å². The molecular weight excluding hydrogens is 268 g/mol. The largest absolute Gasteiger partial charge is 0.480 e. The minimum Gasteiger partial charge on any atom is -0.480 e. The summed E-state index contributed by atoms with van der Waals surface area (Å²) in [4.78, 5) is 12.0. The number of aliphatic hydroxyl groups is 2.